The minimum atomic E-state index is -1.20. The summed E-state index contributed by atoms with van der Waals surface area (Å²) in [6, 6.07) is 11.2. The summed E-state index contributed by atoms with van der Waals surface area (Å²) in [5.74, 6) is -1.68. The smallest absolute Gasteiger partial charge is 0.323 e. The van der Waals surface area contributed by atoms with Crippen LogP contribution in [0.5, 0.6) is 0 Å². The van der Waals surface area contributed by atoms with Crippen LogP contribution in [0.4, 0.5) is 14.9 Å². The van der Waals surface area contributed by atoms with E-state index in [2.05, 4.69) is 10.6 Å². The maximum Gasteiger partial charge on any atom is 0.323 e. The summed E-state index contributed by atoms with van der Waals surface area (Å²) < 4.78 is 13.6. The maximum absolute atomic E-state index is 13.6. The molecule has 10 heteroatoms. The Morgan fingerprint density at radius 2 is 1.83 bits per heavy atom. The number of halogens is 2. The van der Waals surface area contributed by atoms with Crippen molar-refractivity contribution in [2.45, 2.75) is 6.17 Å². The number of benzene rings is 2. The SMILES string of the molecule is NCCNC(=O)C1N(C(=O)Nc2cccc(Cl)c2)CCN1C(=O)c1cccc(F)c1. The molecule has 0 aliphatic carbocycles. The Balaban J connectivity index is 1.84. The monoisotopic (exact) mass is 433 g/mol. The minimum absolute atomic E-state index is 0.0868. The molecular formula is C20H21ClFN5O3. The van der Waals surface area contributed by atoms with Crippen LogP contribution in [-0.4, -0.2) is 60.0 Å². The second kappa shape index (κ2) is 9.55. The van der Waals surface area contributed by atoms with Crippen molar-refractivity contribution in [1.82, 2.24) is 15.1 Å². The first-order valence-electron chi connectivity index (χ1n) is 9.28. The van der Waals surface area contributed by atoms with Crippen LogP contribution >= 0.6 is 11.6 Å². The van der Waals surface area contributed by atoms with Gasteiger partial charge in [0.2, 0.25) is 0 Å². The lowest BCUT2D eigenvalue weighted by molar-refractivity contribution is -0.127. The van der Waals surface area contributed by atoms with Gasteiger partial charge in [-0.1, -0.05) is 23.7 Å². The summed E-state index contributed by atoms with van der Waals surface area (Å²) in [6.45, 7) is 0.610. The first-order chi connectivity index (χ1) is 14.4. The number of nitrogens with two attached hydrogens (primary N) is 1. The lowest BCUT2D eigenvalue weighted by atomic mass is 10.2. The Labute approximate surface area is 177 Å². The van der Waals surface area contributed by atoms with Crippen LogP contribution in [0.3, 0.4) is 0 Å². The fraction of sp³-hybridized carbons (Fsp3) is 0.250. The van der Waals surface area contributed by atoms with Gasteiger partial charge in [-0.3, -0.25) is 14.5 Å². The molecule has 158 valence electrons. The molecule has 1 heterocycles. The highest BCUT2D eigenvalue weighted by atomic mass is 35.5. The molecule has 1 aliphatic heterocycles. The lowest BCUT2D eigenvalue weighted by Crippen LogP contribution is -2.55. The van der Waals surface area contributed by atoms with E-state index in [-0.39, 0.29) is 31.7 Å². The fourth-order valence-corrected chi connectivity index (χ4v) is 3.36. The molecule has 0 bridgehead atoms. The van der Waals surface area contributed by atoms with E-state index >= 15 is 0 Å². The highest BCUT2D eigenvalue weighted by Crippen LogP contribution is 2.21. The largest absolute Gasteiger partial charge is 0.351 e. The topological polar surface area (TPSA) is 108 Å². The zero-order valence-electron chi connectivity index (χ0n) is 16.0. The van der Waals surface area contributed by atoms with Crippen LogP contribution in [0.15, 0.2) is 48.5 Å². The van der Waals surface area contributed by atoms with E-state index in [0.29, 0.717) is 10.7 Å². The number of nitrogens with zero attached hydrogens (tertiary/aromatic N) is 2. The molecule has 1 saturated heterocycles. The summed E-state index contributed by atoms with van der Waals surface area (Å²) in [5, 5.41) is 5.72. The number of carbonyl (C=O) groups excluding carboxylic acids is 3. The molecule has 2 aromatic rings. The average molecular weight is 434 g/mol. The Kier molecular flexibility index (Phi) is 6.86. The average Bonchev–Trinajstić information content (AvgIpc) is 3.17. The summed E-state index contributed by atoms with van der Waals surface area (Å²) in [4.78, 5) is 41.0. The van der Waals surface area contributed by atoms with Gasteiger partial charge >= 0.3 is 6.03 Å². The van der Waals surface area contributed by atoms with Gasteiger partial charge in [0.1, 0.15) is 5.82 Å². The molecule has 0 aromatic heterocycles. The normalized spacial score (nSPS) is 15.8. The van der Waals surface area contributed by atoms with Crippen LogP contribution in [-0.2, 0) is 4.79 Å². The molecule has 0 saturated carbocycles. The molecular weight excluding hydrogens is 413 g/mol. The molecule has 0 spiro atoms. The zero-order valence-corrected chi connectivity index (χ0v) is 16.7. The molecule has 8 nitrogen and oxygen atoms in total. The van der Waals surface area contributed by atoms with E-state index in [1.807, 2.05) is 0 Å². The molecule has 1 fully saturated rings. The zero-order chi connectivity index (χ0) is 21.7. The number of anilines is 1. The number of rotatable bonds is 5. The van der Waals surface area contributed by atoms with Crippen molar-refractivity contribution >= 4 is 35.1 Å². The van der Waals surface area contributed by atoms with Crippen molar-refractivity contribution in [2.75, 3.05) is 31.5 Å². The van der Waals surface area contributed by atoms with Crippen molar-refractivity contribution in [1.29, 1.82) is 0 Å². The number of hydrogen-bond acceptors (Lipinski definition) is 4. The van der Waals surface area contributed by atoms with Gasteiger partial charge in [-0.05, 0) is 36.4 Å². The van der Waals surface area contributed by atoms with E-state index in [4.69, 9.17) is 17.3 Å². The third kappa shape index (κ3) is 4.87. The predicted molar refractivity (Wildman–Crippen MR) is 110 cm³/mol. The minimum Gasteiger partial charge on any atom is -0.351 e. The van der Waals surface area contributed by atoms with Crippen molar-refractivity contribution in [3.63, 3.8) is 0 Å². The van der Waals surface area contributed by atoms with E-state index in [1.165, 1.54) is 28.0 Å². The van der Waals surface area contributed by atoms with Gasteiger partial charge in [0, 0.05) is 42.5 Å². The van der Waals surface area contributed by atoms with Crippen molar-refractivity contribution in [2.24, 2.45) is 5.73 Å². The third-order valence-electron chi connectivity index (χ3n) is 4.52. The Morgan fingerprint density at radius 1 is 1.10 bits per heavy atom. The Bertz CT molecular complexity index is 958. The maximum atomic E-state index is 13.6. The number of hydrogen-bond donors (Lipinski definition) is 3. The highest BCUT2D eigenvalue weighted by Gasteiger charge is 2.43. The van der Waals surface area contributed by atoms with Crippen LogP contribution < -0.4 is 16.4 Å². The van der Waals surface area contributed by atoms with Gasteiger partial charge in [0.25, 0.3) is 11.8 Å². The fourth-order valence-electron chi connectivity index (χ4n) is 3.17. The molecule has 0 radical (unpaired) electrons. The van der Waals surface area contributed by atoms with Crippen molar-refractivity contribution in [3.05, 3.63) is 64.9 Å². The Morgan fingerprint density at radius 3 is 2.53 bits per heavy atom. The van der Waals surface area contributed by atoms with E-state index in [0.717, 1.165) is 6.07 Å². The van der Waals surface area contributed by atoms with Crippen LogP contribution in [0.25, 0.3) is 0 Å². The van der Waals surface area contributed by atoms with Gasteiger partial charge in [-0.15, -0.1) is 0 Å². The first kappa shape index (κ1) is 21.5. The van der Waals surface area contributed by atoms with E-state index in [9.17, 15) is 18.8 Å². The van der Waals surface area contributed by atoms with Crippen LogP contribution in [0.1, 0.15) is 10.4 Å². The standard InChI is InChI=1S/C20H21ClFN5O3/c21-14-4-2-6-16(12-14)25-20(30)27-10-9-26(18(27)17(28)24-8-7-23)19(29)13-3-1-5-15(22)11-13/h1-6,11-12,18H,7-10,23H2,(H,24,28)(H,25,30). The molecule has 4 amide bonds. The molecule has 1 aliphatic rings. The quantitative estimate of drug-likeness (QED) is 0.669. The highest BCUT2D eigenvalue weighted by molar-refractivity contribution is 6.30. The van der Waals surface area contributed by atoms with Crippen molar-refractivity contribution in [3.8, 4) is 0 Å². The van der Waals surface area contributed by atoms with Crippen molar-refractivity contribution < 1.29 is 18.8 Å². The number of nitrogens with one attached hydrogen (secondary N) is 2. The second-order valence-corrected chi connectivity index (χ2v) is 7.03. The predicted octanol–water partition coefficient (Wildman–Crippen LogP) is 1.87. The molecule has 2 aromatic carbocycles. The van der Waals surface area contributed by atoms with Gasteiger partial charge in [0.05, 0.1) is 0 Å². The van der Waals surface area contributed by atoms with Crippen LogP contribution in [0, 0.1) is 5.82 Å². The molecule has 30 heavy (non-hydrogen) atoms. The van der Waals surface area contributed by atoms with Crippen LogP contribution in [0.2, 0.25) is 5.02 Å². The molecule has 4 N–H and O–H groups in total. The summed E-state index contributed by atoms with van der Waals surface area (Å²) >= 11 is 5.95. The third-order valence-corrected chi connectivity index (χ3v) is 4.75. The summed E-state index contributed by atoms with van der Waals surface area (Å²) in [7, 11) is 0. The number of carbonyl (C=O) groups is 3. The lowest BCUT2D eigenvalue weighted by Gasteiger charge is -2.29. The van der Waals surface area contributed by atoms with Gasteiger partial charge < -0.3 is 21.3 Å². The molecule has 1 atom stereocenters. The second-order valence-electron chi connectivity index (χ2n) is 6.60. The Hall–Kier alpha value is -3.17. The summed E-state index contributed by atoms with van der Waals surface area (Å²) in [6.07, 6.45) is -1.20. The first-order valence-corrected chi connectivity index (χ1v) is 9.66. The molecule has 3 rings (SSSR count). The summed E-state index contributed by atoms with van der Waals surface area (Å²) in [5.41, 5.74) is 5.98. The molecule has 1 unspecified atom stereocenters. The van der Waals surface area contributed by atoms with Gasteiger partial charge in [-0.25, -0.2) is 9.18 Å². The van der Waals surface area contributed by atoms with E-state index < -0.39 is 29.8 Å². The van der Waals surface area contributed by atoms with Gasteiger partial charge in [0.15, 0.2) is 6.17 Å². The van der Waals surface area contributed by atoms with E-state index in [1.54, 1.807) is 24.3 Å². The van der Waals surface area contributed by atoms with Gasteiger partial charge in [-0.2, -0.15) is 0 Å². The number of urea groups is 1. The number of amides is 4.